The maximum atomic E-state index is 12.6. The van der Waals surface area contributed by atoms with Gasteiger partial charge in [0.05, 0.1) is 16.5 Å². The molecule has 5 heteroatoms. The summed E-state index contributed by atoms with van der Waals surface area (Å²) in [7, 11) is 0. The number of carbonyl (C=O) groups is 2. The Balaban J connectivity index is 1.64. The number of carboxylic acid groups (broad SMARTS) is 1. The molecule has 2 aromatic rings. The molecule has 1 amide bonds. The number of pyridine rings is 1. The van der Waals surface area contributed by atoms with Crippen molar-refractivity contribution in [1.29, 1.82) is 0 Å². The molecule has 0 atom stereocenters. The van der Waals surface area contributed by atoms with Crippen molar-refractivity contribution in [3.05, 3.63) is 41.6 Å². The number of carbonyl (C=O) groups excluding carboxylic acids is 1. The summed E-state index contributed by atoms with van der Waals surface area (Å²) in [5.74, 6) is -0.575. The highest BCUT2D eigenvalue weighted by atomic mass is 16.4. The lowest BCUT2D eigenvalue weighted by Gasteiger charge is -2.13. The first-order valence-electron chi connectivity index (χ1n) is 8.00. The highest BCUT2D eigenvalue weighted by molar-refractivity contribution is 6.06. The number of fused-ring (bicyclic) bond motifs is 1. The van der Waals surface area contributed by atoms with Crippen LogP contribution in [0.4, 0.5) is 0 Å². The molecule has 0 radical (unpaired) electrons. The lowest BCUT2D eigenvalue weighted by Crippen LogP contribution is -2.34. The topological polar surface area (TPSA) is 79.3 Å². The van der Waals surface area contributed by atoms with Crippen molar-refractivity contribution in [2.24, 2.45) is 5.41 Å². The number of hydrogen-bond acceptors (Lipinski definition) is 3. The van der Waals surface area contributed by atoms with Crippen molar-refractivity contribution in [3.8, 4) is 0 Å². The Morgan fingerprint density at radius 2 is 2.00 bits per heavy atom. The number of rotatable bonds is 5. The maximum absolute atomic E-state index is 12.6. The van der Waals surface area contributed by atoms with Crippen LogP contribution < -0.4 is 5.32 Å². The number of hydrogen-bond donors (Lipinski definition) is 2. The Kier molecular flexibility index (Phi) is 3.11. The van der Waals surface area contributed by atoms with Crippen LogP contribution in [-0.2, 0) is 4.79 Å². The molecule has 2 saturated carbocycles. The van der Waals surface area contributed by atoms with Crippen molar-refractivity contribution >= 4 is 22.8 Å². The van der Waals surface area contributed by atoms with E-state index in [-0.39, 0.29) is 12.5 Å². The van der Waals surface area contributed by atoms with Gasteiger partial charge in [0.2, 0.25) is 0 Å². The van der Waals surface area contributed by atoms with Crippen molar-refractivity contribution < 1.29 is 14.7 Å². The summed E-state index contributed by atoms with van der Waals surface area (Å²) in [5, 5.41) is 12.9. The van der Waals surface area contributed by atoms with Gasteiger partial charge in [-0.15, -0.1) is 0 Å². The molecular weight excluding hydrogens is 292 g/mol. The van der Waals surface area contributed by atoms with E-state index in [1.54, 1.807) is 0 Å². The summed E-state index contributed by atoms with van der Waals surface area (Å²) >= 11 is 0. The lowest BCUT2D eigenvalue weighted by molar-refractivity contribution is -0.143. The molecule has 5 nitrogen and oxygen atoms in total. The van der Waals surface area contributed by atoms with Gasteiger partial charge in [-0.1, -0.05) is 18.2 Å². The van der Waals surface area contributed by atoms with Crippen LogP contribution in [0.25, 0.3) is 10.9 Å². The smallest absolute Gasteiger partial charge is 0.311 e. The Labute approximate surface area is 133 Å². The van der Waals surface area contributed by atoms with Gasteiger partial charge in [0.15, 0.2) is 0 Å². The van der Waals surface area contributed by atoms with E-state index in [9.17, 15) is 14.7 Å². The fraction of sp³-hybridized carbons (Fsp3) is 0.389. The van der Waals surface area contributed by atoms with Crippen LogP contribution in [0.1, 0.15) is 47.7 Å². The van der Waals surface area contributed by atoms with Crippen LogP contribution in [-0.4, -0.2) is 28.5 Å². The third kappa shape index (κ3) is 2.56. The number of aliphatic carboxylic acids is 1. The van der Waals surface area contributed by atoms with Crippen LogP contribution in [0.2, 0.25) is 0 Å². The van der Waals surface area contributed by atoms with Gasteiger partial charge in [-0.25, -0.2) is 0 Å². The number of aromatic nitrogens is 1. The van der Waals surface area contributed by atoms with Crippen LogP contribution >= 0.6 is 0 Å². The summed E-state index contributed by atoms with van der Waals surface area (Å²) in [6.07, 6.45) is 3.50. The van der Waals surface area contributed by atoms with Gasteiger partial charge in [0.1, 0.15) is 0 Å². The minimum Gasteiger partial charge on any atom is -0.481 e. The molecule has 2 N–H and O–H groups in total. The normalized spacial score (nSPS) is 18.6. The zero-order valence-electron chi connectivity index (χ0n) is 12.7. The largest absolute Gasteiger partial charge is 0.481 e. The molecule has 2 aliphatic rings. The highest BCUT2D eigenvalue weighted by Gasteiger charge is 2.50. The Morgan fingerprint density at radius 3 is 2.65 bits per heavy atom. The van der Waals surface area contributed by atoms with Gasteiger partial charge in [0.25, 0.3) is 5.91 Å². The van der Waals surface area contributed by atoms with E-state index in [0.29, 0.717) is 24.3 Å². The van der Waals surface area contributed by atoms with Crippen molar-refractivity contribution in [2.75, 3.05) is 6.54 Å². The second-order valence-electron chi connectivity index (χ2n) is 6.65. The molecule has 0 bridgehead atoms. The number of nitrogens with one attached hydrogen (secondary N) is 1. The van der Waals surface area contributed by atoms with Gasteiger partial charge in [-0.05, 0) is 37.8 Å². The highest BCUT2D eigenvalue weighted by Crippen LogP contribution is 2.45. The molecule has 1 heterocycles. The monoisotopic (exact) mass is 310 g/mol. The minimum absolute atomic E-state index is 0.191. The molecule has 4 rings (SSSR count). The van der Waals surface area contributed by atoms with Gasteiger partial charge in [-0.2, -0.15) is 0 Å². The van der Waals surface area contributed by atoms with Gasteiger partial charge >= 0.3 is 5.97 Å². The zero-order valence-corrected chi connectivity index (χ0v) is 12.7. The predicted octanol–water partition coefficient (Wildman–Crippen LogP) is 2.71. The molecule has 1 aromatic heterocycles. The fourth-order valence-electron chi connectivity index (χ4n) is 2.93. The lowest BCUT2D eigenvalue weighted by atomic mass is 10.0. The number of benzene rings is 1. The second kappa shape index (κ2) is 5.05. The second-order valence-corrected chi connectivity index (χ2v) is 6.65. The summed E-state index contributed by atoms with van der Waals surface area (Å²) < 4.78 is 0. The maximum Gasteiger partial charge on any atom is 0.311 e. The fourth-order valence-corrected chi connectivity index (χ4v) is 2.93. The first-order valence-corrected chi connectivity index (χ1v) is 8.00. The van der Waals surface area contributed by atoms with E-state index in [1.165, 1.54) is 0 Å². The van der Waals surface area contributed by atoms with E-state index >= 15 is 0 Å². The molecule has 0 aliphatic heterocycles. The van der Waals surface area contributed by atoms with Crippen LogP contribution in [0.15, 0.2) is 30.3 Å². The van der Waals surface area contributed by atoms with Crippen LogP contribution in [0.3, 0.4) is 0 Å². The van der Waals surface area contributed by atoms with Crippen molar-refractivity contribution in [1.82, 2.24) is 10.3 Å². The average molecular weight is 310 g/mol. The van der Waals surface area contributed by atoms with Gasteiger partial charge in [-0.3, -0.25) is 14.6 Å². The zero-order chi connectivity index (χ0) is 16.0. The van der Waals surface area contributed by atoms with Gasteiger partial charge < -0.3 is 10.4 Å². The van der Waals surface area contributed by atoms with E-state index in [2.05, 4.69) is 10.3 Å². The number of amides is 1. The van der Waals surface area contributed by atoms with Crippen LogP contribution in [0.5, 0.6) is 0 Å². The molecule has 2 fully saturated rings. The standard InChI is InChI=1S/C18H18N2O3/c21-16(19-10-18(7-8-18)17(22)23)13-9-15(11-5-6-11)20-14-4-2-1-3-12(13)14/h1-4,9,11H,5-8,10H2,(H,19,21)(H,22,23). The molecule has 23 heavy (non-hydrogen) atoms. The summed E-state index contributed by atoms with van der Waals surface area (Å²) in [4.78, 5) is 28.5. The van der Waals surface area contributed by atoms with Crippen LogP contribution in [0, 0.1) is 5.41 Å². The Morgan fingerprint density at radius 1 is 1.26 bits per heavy atom. The van der Waals surface area contributed by atoms with E-state index in [4.69, 9.17) is 0 Å². The molecule has 0 unspecified atom stereocenters. The third-order valence-electron chi connectivity index (χ3n) is 4.87. The molecule has 0 saturated heterocycles. The first kappa shape index (κ1) is 14.2. The van der Waals surface area contributed by atoms with Crippen molar-refractivity contribution in [3.63, 3.8) is 0 Å². The summed E-state index contributed by atoms with van der Waals surface area (Å²) in [6, 6.07) is 9.47. The van der Waals surface area contributed by atoms with E-state index in [1.807, 2.05) is 30.3 Å². The number of carboxylic acids is 1. The molecule has 118 valence electrons. The van der Waals surface area contributed by atoms with E-state index in [0.717, 1.165) is 29.4 Å². The minimum atomic E-state index is -0.823. The number of nitrogens with zero attached hydrogens (tertiary/aromatic N) is 1. The first-order chi connectivity index (χ1) is 11.1. The SMILES string of the molecule is O=C(NCC1(C(=O)O)CC1)c1cc(C2CC2)nc2ccccc12. The summed E-state index contributed by atoms with van der Waals surface area (Å²) in [5.41, 5.74) is 1.63. The molecular formula is C18H18N2O3. The number of para-hydroxylation sites is 1. The Hall–Kier alpha value is -2.43. The molecule has 0 spiro atoms. The van der Waals surface area contributed by atoms with Crippen molar-refractivity contribution in [2.45, 2.75) is 31.6 Å². The summed E-state index contributed by atoms with van der Waals surface area (Å²) in [6.45, 7) is 0.191. The Bertz CT molecular complexity index is 807. The van der Waals surface area contributed by atoms with E-state index < -0.39 is 11.4 Å². The molecule has 1 aromatic carbocycles. The average Bonchev–Trinajstić information content (AvgIpc) is 3.45. The quantitative estimate of drug-likeness (QED) is 0.890. The third-order valence-corrected chi connectivity index (χ3v) is 4.87. The molecule has 2 aliphatic carbocycles. The van der Waals surface area contributed by atoms with Gasteiger partial charge in [0, 0.05) is 23.5 Å². The predicted molar refractivity (Wildman–Crippen MR) is 85.4 cm³/mol.